The van der Waals surface area contributed by atoms with E-state index in [0.29, 0.717) is 5.92 Å². The van der Waals surface area contributed by atoms with Crippen LogP contribution in [0.15, 0.2) is 42.7 Å². The molecular formula is C23H27N5. The van der Waals surface area contributed by atoms with Crippen LogP contribution in [0.1, 0.15) is 52.5 Å². The normalized spacial score (nSPS) is 15.0. The lowest BCUT2D eigenvalue weighted by Crippen LogP contribution is -2.34. The maximum Gasteiger partial charge on any atom is 0.147 e. The Hall–Kier alpha value is -2.82. The molecule has 1 saturated heterocycles. The lowest BCUT2D eigenvalue weighted by Gasteiger charge is -2.33. The Kier molecular flexibility index (Phi) is 5.33. The van der Waals surface area contributed by atoms with Crippen molar-refractivity contribution in [2.45, 2.75) is 46.0 Å². The van der Waals surface area contributed by atoms with E-state index >= 15 is 0 Å². The molecule has 5 heteroatoms. The van der Waals surface area contributed by atoms with Crippen molar-refractivity contribution in [2.24, 2.45) is 0 Å². The molecule has 0 radical (unpaired) electrons. The first-order valence-electron chi connectivity index (χ1n) is 10.0. The van der Waals surface area contributed by atoms with Crippen LogP contribution in [0, 0.1) is 20.8 Å². The molecule has 5 nitrogen and oxygen atoms in total. The zero-order valence-electron chi connectivity index (χ0n) is 16.9. The maximum atomic E-state index is 4.67. The van der Waals surface area contributed by atoms with E-state index in [1.807, 2.05) is 25.4 Å². The standard InChI is InChI=1S/C23H27N5/c1-16-14-25-22(15-24-16)28-11-9-20(10-12-28)23-18(3)17(2)21(26-27-23)13-19-7-5-4-6-8-19/h4-8,14-15,20H,9-13H2,1-3H3. The van der Waals surface area contributed by atoms with Gasteiger partial charge >= 0.3 is 0 Å². The van der Waals surface area contributed by atoms with Crippen LogP contribution in [-0.4, -0.2) is 33.3 Å². The molecule has 3 heterocycles. The van der Waals surface area contributed by atoms with Gasteiger partial charge in [0.25, 0.3) is 0 Å². The molecule has 4 rings (SSSR count). The summed E-state index contributed by atoms with van der Waals surface area (Å²) in [7, 11) is 0. The van der Waals surface area contributed by atoms with Crippen molar-refractivity contribution in [3.8, 4) is 0 Å². The molecule has 0 spiro atoms. The van der Waals surface area contributed by atoms with E-state index in [0.717, 1.165) is 49.6 Å². The summed E-state index contributed by atoms with van der Waals surface area (Å²) in [5.41, 5.74) is 7.06. The van der Waals surface area contributed by atoms with E-state index in [9.17, 15) is 0 Å². The minimum Gasteiger partial charge on any atom is -0.355 e. The second kappa shape index (κ2) is 8.05. The number of rotatable bonds is 4. The van der Waals surface area contributed by atoms with Gasteiger partial charge < -0.3 is 4.90 Å². The Bertz CT molecular complexity index is 929. The van der Waals surface area contributed by atoms with Crippen LogP contribution >= 0.6 is 0 Å². The first kappa shape index (κ1) is 18.5. The van der Waals surface area contributed by atoms with Gasteiger partial charge in [-0.2, -0.15) is 10.2 Å². The van der Waals surface area contributed by atoms with E-state index in [1.165, 1.54) is 22.4 Å². The molecular weight excluding hydrogens is 346 g/mol. The molecule has 0 N–H and O–H groups in total. The highest BCUT2D eigenvalue weighted by Gasteiger charge is 2.25. The van der Waals surface area contributed by atoms with Crippen LogP contribution in [0.2, 0.25) is 0 Å². The summed E-state index contributed by atoms with van der Waals surface area (Å²) in [5, 5.41) is 9.28. The van der Waals surface area contributed by atoms with Crippen LogP contribution < -0.4 is 4.90 Å². The predicted octanol–water partition coefficient (Wildman–Crippen LogP) is 4.17. The highest BCUT2D eigenvalue weighted by Crippen LogP contribution is 2.31. The van der Waals surface area contributed by atoms with Crippen molar-refractivity contribution in [2.75, 3.05) is 18.0 Å². The molecule has 0 bridgehead atoms. The fraction of sp³-hybridized carbons (Fsp3) is 0.391. The van der Waals surface area contributed by atoms with Gasteiger partial charge in [-0.25, -0.2) is 4.98 Å². The van der Waals surface area contributed by atoms with Crippen LogP contribution in [0.5, 0.6) is 0 Å². The summed E-state index contributed by atoms with van der Waals surface area (Å²) in [6.45, 7) is 8.31. The minimum atomic E-state index is 0.464. The molecule has 0 saturated carbocycles. The highest BCUT2D eigenvalue weighted by atomic mass is 15.2. The first-order valence-corrected chi connectivity index (χ1v) is 10.0. The van der Waals surface area contributed by atoms with Gasteiger partial charge in [0.15, 0.2) is 0 Å². The summed E-state index contributed by atoms with van der Waals surface area (Å²) in [4.78, 5) is 11.2. The van der Waals surface area contributed by atoms with Gasteiger partial charge in [0, 0.05) is 25.4 Å². The van der Waals surface area contributed by atoms with Crippen molar-refractivity contribution < 1.29 is 0 Å². The number of piperidine rings is 1. The van der Waals surface area contributed by atoms with E-state index in [1.54, 1.807) is 0 Å². The van der Waals surface area contributed by atoms with Crippen molar-refractivity contribution in [1.29, 1.82) is 0 Å². The molecule has 1 aliphatic rings. The maximum absolute atomic E-state index is 4.67. The quantitative estimate of drug-likeness (QED) is 0.687. The first-order chi connectivity index (χ1) is 13.6. The predicted molar refractivity (Wildman–Crippen MR) is 112 cm³/mol. The van der Waals surface area contributed by atoms with Gasteiger partial charge in [-0.1, -0.05) is 30.3 Å². The van der Waals surface area contributed by atoms with E-state index in [2.05, 4.69) is 63.2 Å². The number of nitrogens with zero attached hydrogens (tertiary/aromatic N) is 5. The largest absolute Gasteiger partial charge is 0.355 e. The molecule has 0 amide bonds. The second-order valence-electron chi connectivity index (χ2n) is 7.72. The lowest BCUT2D eigenvalue weighted by molar-refractivity contribution is 0.486. The van der Waals surface area contributed by atoms with E-state index in [4.69, 9.17) is 0 Å². The third-order valence-electron chi connectivity index (χ3n) is 5.85. The molecule has 3 aromatic rings. The molecule has 0 aliphatic carbocycles. The van der Waals surface area contributed by atoms with Crippen molar-refractivity contribution in [3.63, 3.8) is 0 Å². The zero-order chi connectivity index (χ0) is 19.5. The highest BCUT2D eigenvalue weighted by molar-refractivity contribution is 5.39. The van der Waals surface area contributed by atoms with E-state index in [-0.39, 0.29) is 0 Å². The fourth-order valence-electron chi connectivity index (χ4n) is 3.95. The minimum absolute atomic E-state index is 0.464. The monoisotopic (exact) mass is 373 g/mol. The number of hydrogen-bond acceptors (Lipinski definition) is 5. The molecule has 0 atom stereocenters. The fourth-order valence-corrected chi connectivity index (χ4v) is 3.95. The molecule has 1 aliphatic heterocycles. The SMILES string of the molecule is Cc1cnc(N2CCC(c3nnc(Cc4ccccc4)c(C)c3C)CC2)cn1. The summed E-state index contributed by atoms with van der Waals surface area (Å²) in [6.07, 6.45) is 6.70. The van der Waals surface area contributed by atoms with Crippen molar-refractivity contribution in [3.05, 3.63) is 76.5 Å². The summed E-state index contributed by atoms with van der Waals surface area (Å²) in [6, 6.07) is 10.5. The summed E-state index contributed by atoms with van der Waals surface area (Å²) in [5.74, 6) is 1.44. The smallest absolute Gasteiger partial charge is 0.147 e. The van der Waals surface area contributed by atoms with E-state index < -0.39 is 0 Å². The van der Waals surface area contributed by atoms with Gasteiger partial charge in [0.1, 0.15) is 5.82 Å². The van der Waals surface area contributed by atoms with Gasteiger partial charge in [-0.15, -0.1) is 0 Å². The Morgan fingerprint density at radius 1 is 0.893 bits per heavy atom. The topological polar surface area (TPSA) is 54.8 Å². The molecule has 2 aromatic heterocycles. The molecule has 144 valence electrons. The molecule has 1 aromatic carbocycles. The van der Waals surface area contributed by atoms with Crippen LogP contribution in [0.3, 0.4) is 0 Å². The third kappa shape index (κ3) is 3.88. The Labute approximate surface area is 166 Å². The average Bonchev–Trinajstić information content (AvgIpc) is 2.73. The van der Waals surface area contributed by atoms with Crippen LogP contribution in [0.25, 0.3) is 0 Å². The van der Waals surface area contributed by atoms with Crippen LogP contribution in [-0.2, 0) is 6.42 Å². The zero-order valence-corrected chi connectivity index (χ0v) is 16.9. The lowest BCUT2D eigenvalue weighted by atomic mass is 9.89. The number of aryl methyl sites for hydroxylation is 1. The summed E-state index contributed by atoms with van der Waals surface area (Å²) >= 11 is 0. The summed E-state index contributed by atoms with van der Waals surface area (Å²) < 4.78 is 0. The number of aromatic nitrogens is 4. The Morgan fingerprint density at radius 2 is 1.64 bits per heavy atom. The Morgan fingerprint density at radius 3 is 2.32 bits per heavy atom. The second-order valence-corrected chi connectivity index (χ2v) is 7.72. The van der Waals surface area contributed by atoms with Gasteiger partial charge in [-0.05, 0) is 50.3 Å². The molecule has 0 unspecified atom stereocenters. The Balaban J connectivity index is 1.46. The number of benzene rings is 1. The molecule has 28 heavy (non-hydrogen) atoms. The third-order valence-corrected chi connectivity index (χ3v) is 5.85. The van der Waals surface area contributed by atoms with Gasteiger partial charge in [0.05, 0.1) is 29.5 Å². The van der Waals surface area contributed by atoms with Gasteiger partial charge in [-0.3, -0.25) is 4.98 Å². The number of hydrogen-bond donors (Lipinski definition) is 0. The average molecular weight is 374 g/mol. The molecule has 1 fully saturated rings. The van der Waals surface area contributed by atoms with Crippen molar-refractivity contribution in [1.82, 2.24) is 20.2 Å². The van der Waals surface area contributed by atoms with Crippen molar-refractivity contribution >= 4 is 5.82 Å². The van der Waals surface area contributed by atoms with Gasteiger partial charge in [0.2, 0.25) is 0 Å². The number of anilines is 1. The van der Waals surface area contributed by atoms with Crippen LogP contribution in [0.4, 0.5) is 5.82 Å².